The van der Waals surface area contributed by atoms with Crippen LogP contribution in [-0.4, -0.2) is 37.6 Å². The number of hydrogen-bond acceptors (Lipinski definition) is 5. The lowest BCUT2D eigenvalue weighted by Crippen LogP contribution is -2.37. The summed E-state index contributed by atoms with van der Waals surface area (Å²) in [5.41, 5.74) is 5.09. The zero-order valence-electron chi connectivity index (χ0n) is 19.9. The summed E-state index contributed by atoms with van der Waals surface area (Å²) in [4.78, 5) is 33.6. The van der Waals surface area contributed by atoms with Gasteiger partial charge in [-0.3, -0.25) is 9.59 Å². The minimum atomic E-state index is -0.908. The molecule has 1 amide bonds. The van der Waals surface area contributed by atoms with Crippen molar-refractivity contribution in [3.8, 4) is 0 Å². The fourth-order valence-corrected chi connectivity index (χ4v) is 4.85. The van der Waals surface area contributed by atoms with Crippen LogP contribution in [0.4, 0.5) is 0 Å². The van der Waals surface area contributed by atoms with E-state index in [0.29, 0.717) is 30.4 Å². The first-order chi connectivity index (χ1) is 15.9. The van der Waals surface area contributed by atoms with Gasteiger partial charge in [0.2, 0.25) is 0 Å². The molecule has 0 aliphatic heterocycles. The maximum Gasteiger partial charge on any atom is 0.305 e. The number of thiazole rings is 1. The van der Waals surface area contributed by atoms with Gasteiger partial charge >= 0.3 is 5.97 Å². The molecule has 2 unspecified atom stereocenters. The van der Waals surface area contributed by atoms with Crippen LogP contribution in [0.25, 0.3) is 11.0 Å². The van der Waals surface area contributed by atoms with Crippen molar-refractivity contribution in [2.75, 3.05) is 0 Å². The van der Waals surface area contributed by atoms with Crippen molar-refractivity contribution in [2.24, 2.45) is 5.92 Å². The van der Waals surface area contributed by atoms with Gasteiger partial charge in [0, 0.05) is 29.4 Å². The smallest absolute Gasteiger partial charge is 0.305 e. The molecule has 0 aliphatic rings. The number of amides is 1. The van der Waals surface area contributed by atoms with Crippen molar-refractivity contribution in [3.63, 3.8) is 0 Å². The SMILES string of the molecule is CCC(C)CC(CC(=O)O)NC(=O)c1ccc2c(c1)nc(Cc1cscn1)n2C(CC)CC. The van der Waals surface area contributed by atoms with Gasteiger partial charge in [-0.25, -0.2) is 9.97 Å². The van der Waals surface area contributed by atoms with E-state index in [2.05, 4.69) is 42.6 Å². The van der Waals surface area contributed by atoms with E-state index in [-0.39, 0.29) is 12.3 Å². The zero-order valence-corrected chi connectivity index (χ0v) is 20.7. The van der Waals surface area contributed by atoms with E-state index in [1.807, 2.05) is 29.1 Å². The molecule has 33 heavy (non-hydrogen) atoms. The van der Waals surface area contributed by atoms with Crippen molar-refractivity contribution in [3.05, 3.63) is 46.2 Å². The van der Waals surface area contributed by atoms with Gasteiger partial charge in [-0.2, -0.15) is 0 Å². The van der Waals surface area contributed by atoms with Gasteiger partial charge in [0.25, 0.3) is 5.91 Å². The predicted molar refractivity (Wildman–Crippen MR) is 132 cm³/mol. The first kappa shape index (κ1) is 24.9. The molecule has 2 atom stereocenters. The van der Waals surface area contributed by atoms with Crippen LogP contribution in [0.2, 0.25) is 0 Å². The minimum absolute atomic E-state index is 0.0839. The number of nitrogens with zero attached hydrogens (tertiary/aromatic N) is 3. The molecule has 7 nitrogen and oxygen atoms in total. The predicted octanol–water partition coefficient (Wildman–Crippen LogP) is 5.45. The number of imidazole rings is 1. The summed E-state index contributed by atoms with van der Waals surface area (Å²) in [6.07, 6.45) is 4.11. The molecule has 8 heteroatoms. The number of carboxylic acid groups (broad SMARTS) is 1. The standard InChI is InChI=1S/C25H34N4O3S/c1-5-16(4)10-18(13-24(30)31)27-25(32)17-8-9-22-21(11-17)28-23(12-19-14-33-15-26-19)29(22)20(6-2)7-3/h8-9,11,14-16,18,20H,5-7,10,12-13H2,1-4H3,(H,27,32)(H,30,31). The Kier molecular flexibility index (Phi) is 8.61. The third-order valence-electron chi connectivity index (χ3n) is 6.30. The van der Waals surface area contributed by atoms with Crippen LogP contribution in [0.3, 0.4) is 0 Å². The Hall–Kier alpha value is -2.74. The molecule has 0 saturated carbocycles. The Morgan fingerprint density at radius 2 is 1.94 bits per heavy atom. The monoisotopic (exact) mass is 470 g/mol. The van der Waals surface area contributed by atoms with E-state index in [1.54, 1.807) is 11.3 Å². The summed E-state index contributed by atoms with van der Waals surface area (Å²) < 4.78 is 2.28. The van der Waals surface area contributed by atoms with Crippen LogP contribution in [-0.2, 0) is 11.2 Å². The molecule has 178 valence electrons. The largest absolute Gasteiger partial charge is 0.481 e. The maximum absolute atomic E-state index is 13.0. The van der Waals surface area contributed by atoms with Crippen molar-refractivity contribution < 1.29 is 14.7 Å². The van der Waals surface area contributed by atoms with E-state index in [1.165, 1.54) is 0 Å². The summed E-state index contributed by atoms with van der Waals surface area (Å²) in [5, 5.41) is 14.2. The lowest BCUT2D eigenvalue weighted by molar-refractivity contribution is -0.137. The molecule has 0 fully saturated rings. The zero-order chi connectivity index (χ0) is 24.0. The van der Waals surface area contributed by atoms with Crippen LogP contribution >= 0.6 is 11.3 Å². The Balaban J connectivity index is 1.91. The fourth-order valence-electron chi connectivity index (χ4n) is 4.29. The van der Waals surface area contributed by atoms with Gasteiger partial charge in [-0.05, 0) is 43.4 Å². The van der Waals surface area contributed by atoms with Gasteiger partial charge in [0.05, 0.1) is 28.7 Å². The Labute approximate surface area is 199 Å². The highest BCUT2D eigenvalue weighted by Crippen LogP contribution is 2.28. The lowest BCUT2D eigenvalue weighted by Gasteiger charge is -2.20. The second kappa shape index (κ2) is 11.4. The number of aliphatic carboxylic acids is 1. The molecule has 0 radical (unpaired) electrons. The first-order valence-electron chi connectivity index (χ1n) is 11.8. The minimum Gasteiger partial charge on any atom is -0.481 e. The number of carbonyl (C=O) groups excluding carboxylic acids is 1. The summed E-state index contributed by atoms with van der Waals surface area (Å²) in [7, 11) is 0. The second-order valence-corrected chi connectivity index (χ2v) is 9.46. The lowest BCUT2D eigenvalue weighted by atomic mass is 9.97. The van der Waals surface area contributed by atoms with Gasteiger partial charge in [-0.1, -0.05) is 34.1 Å². The van der Waals surface area contributed by atoms with E-state index in [0.717, 1.165) is 41.8 Å². The van der Waals surface area contributed by atoms with E-state index < -0.39 is 12.0 Å². The Morgan fingerprint density at radius 1 is 1.18 bits per heavy atom. The average molecular weight is 471 g/mol. The highest BCUT2D eigenvalue weighted by Gasteiger charge is 2.22. The van der Waals surface area contributed by atoms with Gasteiger partial charge in [0.1, 0.15) is 5.82 Å². The first-order valence-corrected chi connectivity index (χ1v) is 12.7. The number of carbonyl (C=O) groups is 2. The van der Waals surface area contributed by atoms with Crippen LogP contribution in [0.15, 0.2) is 29.1 Å². The van der Waals surface area contributed by atoms with Crippen LogP contribution in [0.1, 0.15) is 87.7 Å². The van der Waals surface area contributed by atoms with Crippen LogP contribution in [0, 0.1) is 5.92 Å². The highest BCUT2D eigenvalue weighted by atomic mass is 32.1. The molecular formula is C25H34N4O3S. The van der Waals surface area contributed by atoms with Crippen molar-refractivity contribution >= 4 is 34.2 Å². The molecule has 0 aliphatic carbocycles. The maximum atomic E-state index is 13.0. The topological polar surface area (TPSA) is 97.1 Å². The van der Waals surface area contributed by atoms with Crippen molar-refractivity contribution in [1.82, 2.24) is 19.9 Å². The number of hydrogen-bond donors (Lipinski definition) is 2. The van der Waals surface area contributed by atoms with Gasteiger partial charge in [-0.15, -0.1) is 11.3 Å². The normalized spacial score (nSPS) is 13.4. The summed E-state index contributed by atoms with van der Waals surface area (Å²) in [6.45, 7) is 8.49. The molecule has 2 N–H and O–H groups in total. The number of fused-ring (bicyclic) bond motifs is 1. The van der Waals surface area contributed by atoms with E-state index >= 15 is 0 Å². The molecule has 0 bridgehead atoms. The van der Waals surface area contributed by atoms with Gasteiger partial charge in [0.15, 0.2) is 0 Å². The molecule has 3 aromatic rings. The number of rotatable bonds is 12. The quantitative estimate of drug-likeness (QED) is 0.367. The number of carboxylic acids is 1. The molecule has 2 heterocycles. The molecule has 2 aromatic heterocycles. The summed E-state index contributed by atoms with van der Waals surface area (Å²) >= 11 is 1.57. The molecular weight excluding hydrogens is 436 g/mol. The molecule has 0 spiro atoms. The number of aromatic nitrogens is 3. The number of nitrogens with one attached hydrogen (secondary N) is 1. The Morgan fingerprint density at radius 3 is 2.55 bits per heavy atom. The second-order valence-electron chi connectivity index (χ2n) is 8.75. The van der Waals surface area contributed by atoms with Crippen LogP contribution < -0.4 is 5.32 Å². The summed E-state index contributed by atoms with van der Waals surface area (Å²) in [6, 6.07) is 5.50. The van der Waals surface area contributed by atoms with E-state index in [4.69, 9.17) is 4.98 Å². The molecule has 1 aromatic carbocycles. The summed E-state index contributed by atoms with van der Waals surface area (Å²) in [5.74, 6) is 0.114. The average Bonchev–Trinajstić information content (AvgIpc) is 3.42. The van der Waals surface area contributed by atoms with Crippen molar-refractivity contribution in [1.29, 1.82) is 0 Å². The van der Waals surface area contributed by atoms with E-state index in [9.17, 15) is 14.7 Å². The van der Waals surface area contributed by atoms with Crippen molar-refractivity contribution in [2.45, 2.75) is 78.3 Å². The molecule has 0 saturated heterocycles. The van der Waals surface area contributed by atoms with Gasteiger partial charge < -0.3 is 15.0 Å². The number of benzene rings is 1. The van der Waals surface area contributed by atoms with Crippen LogP contribution in [0.5, 0.6) is 0 Å². The fraction of sp³-hybridized carbons (Fsp3) is 0.520. The Bertz CT molecular complexity index is 1070. The third-order valence-corrected chi connectivity index (χ3v) is 6.93. The highest BCUT2D eigenvalue weighted by molar-refractivity contribution is 7.07. The third kappa shape index (κ3) is 6.19. The molecule has 3 rings (SSSR count).